The lowest BCUT2D eigenvalue weighted by atomic mass is 9.90. The molecule has 96 valence electrons. The molecule has 3 atom stereocenters. The third-order valence-electron chi connectivity index (χ3n) is 4.22. The third-order valence-corrected chi connectivity index (χ3v) is 4.22. The van der Waals surface area contributed by atoms with Gasteiger partial charge in [0.25, 0.3) is 0 Å². The van der Waals surface area contributed by atoms with Gasteiger partial charge < -0.3 is 10.2 Å². The standard InChI is InChI=1S/C14H30N2/c1-6-16-9-7-8-14(10-16)13(5)15-12(4)11(2)3/h11-15H,6-10H2,1-5H3. The zero-order chi connectivity index (χ0) is 12.1. The molecule has 0 amide bonds. The van der Waals surface area contributed by atoms with E-state index in [1.165, 1.54) is 32.5 Å². The molecule has 1 aliphatic rings. The molecule has 0 aliphatic carbocycles. The van der Waals surface area contributed by atoms with Gasteiger partial charge in [0.1, 0.15) is 0 Å². The van der Waals surface area contributed by atoms with Crippen LogP contribution in [0.3, 0.4) is 0 Å². The fourth-order valence-electron chi connectivity index (χ4n) is 2.53. The largest absolute Gasteiger partial charge is 0.311 e. The van der Waals surface area contributed by atoms with E-state index in [0.29, 0.717) is 12.1 Å². The normalized spacial score (nSPS) is 27.0. The highest BCUT2D eigenvalue weighted by Gasteiger charge is 2.24. The van der Waals surface area contributed by atoms with Gasteiger partial charge in [-0.25, -0.2) is 0 Å². The Hall–Kier alpha value is -0.0800. The van der Waals surface area contributed by atoms with Gasteiger partial charge in [0, 0.05) is 18.6 Å². The van der Waals surface area contributed by atoms with E-state index in [-0.39, 0.29) is 0 Å². The molecule has 2 heteroatoms. The number of hydrogen-bond acceptors (Lipinski definition) is 2. The molecular weight excluding hydrogens is 196 g/mol. The average molecular weight is 226 g/mol. The van der Waals surface area contributed by atoms with E-state index >= 15 is 0 Å². The summed E-state index contributed by atoms with van der Waals surface area (Å²) in [6.07, 6.45) is 2.77. The summed E-state index contributed by atoms with van der Waals surface area (Å²) < 4.78 is 0. The van der Waals surface area contributed by atoms with Crippen LogP contribution in [0.5, 0.6) is 0 Å². The lowest BCUT2D eigenvalue weighted by molar-refractivity contribution is 0.150. The molecule has 1 aliphatic heterocycles. The molecule has 1 N–H and O–H groups in total. The second-order valence-corrected chi connectivity index (χ2v) is 5.78. The van der Waals surface area contributed by atoms with Gasteiger partial charge in [-0.2, -0.15) is 0 Å². The predicted molar refractivity (Wildman–Crippen MR) is 71.7 cm³/mol. The fourth-order valence-corrected chi connectivity index (χ4v) is 2.53. The summed E-state index contributed by atoms with van der Waals surface area (Å²) in [7, 11) is 0. The third kappa shape index (κ3) is 4.06. The van der Waals surface area contributed by atoms with Crippen LogP contribution >= 0.6 is 0 Å². The van der Waals surface area contributed by atoms with Crippen molar-refractivity contribution in [3.63, 3.8) is 0 Å². The molecule has 1 heterocycles. The van der Waals surface area contributed by atoms with Crippen LogP contribution in [0.4, 0.5) is 0 Å². The number of nitrogens with zero attached hydrogens (tertiary/aromatic N) is 1. The summed E-state index contributed by atoms with van der Waals surface area (Å²) in [6, 6.07) is 1.29. The van der Waals surface area contributed by atoms with Crippen LogP contribution in [0.1, 0.15) is 47.5 Å². The van der Waals surface area contributed by atoms with Crippen LogP contribution in [-0.4, -0.2) is 36.6 Å². The van der Waals surface area contributed by atoms with Crippen molar-refractivity contribution in [1.29, 1.82) is 0 Å². The van der Waals surface area contributed by atoms with Gasteiger partial charge in [-0.1, -0.05) is 20.8 Å². The van der Waals surface area contributed by atoms with Crippen molar-refractivity contribution in [3.05, 3.63) is 0 Å². The van der Waals surface area contributed by atoms with E-state index < -0.39 is 0 Å². The maximum atomic E-state index is 3.77. The van der Waals surface area contributed by atoms with Gasteiger partial charge in [0.15, 0.2) is 0 Å². The highest BCUT2D eigenvalue weighted by atomic mass is 15.1. The zero-order valence-corrected chi connectivity index (χ0v) is 11.8. The van der Waals surface area contributed by atoms with Crippen molar-refractivity contribution in [2.45, 2.75) is 59.5 Å². The first kappa shape index (κ1) is 14.0. The van der Waals surface area contributed by atoms with Crippen molar-refractivity contribution in [1.82, 2.24) is 10.2 Å². The second-order valence-electron chi connectivity index (χ2n) is 5.78. The number of rotatable bonds is 5. The molecule has 0 bridgehead atoms. The molecule has 1 rings (SSSR count). The van der Waals surface area contributed by atoms with Gasteiger partial charge in [-0.3, -0.25) is 0 Å². The minimum absolute atomic E-state index is 0.631. The van der Waals surface area contributed by atoms with Gasteiger partial charge in [0.05, 0.1) is 0 Å². The van der Waals surface area contributed by atoms with Gasteiger partial charge in [0.2, 0.25) is 0 Å². The maximum absolute atomic E-state index is 3.77. The summed E-state index contributed by atoms with van der Waals surface area (Å²) in [5.41, 5.74) is 0. The molecule has 1 saturated heterocycles. The molecule has 0 saturated carbocycles. The summed E-state index contributed by atoms with van der Waals surface area (Å²) in [6.45, 7) is 15.3. The first-order chi connectivity index (χ1) is 7.54. The minimum Gasteiger partial charge on any atom is -0.311 e. The fraction of sp³-hybridized carbons (Fsp3) is 1.00. The van der Waals surface area contributed by atoms with Gasteiger partial charge in [-0.05, 0) is 51.6 Å². The molecule has 0 aromatic carbocycles. The van der Waals surface area contributed by atoms with Crippen LogP contribution in [0.2, 0.25) is 0 Å². The van der Waals surface area contributed by atoms with Crippen LogP contribution in [-0.2, 0) is 0 Å². The van der Waals surface area contributed by atoms with Gasteiger partial charge in [-0.15, -0.1) is 0 Å². The Morgan fingerprint density at radius 3 is 2.50 bits per heavy atom. The molecule has 0 spiro atoms. The quantitative estimate of drug-likeness (QED) is 0.775. The first-order valence-corrected chi connectivity index (χ1v) is 7.03. The smallest absolute Gasteiger partial charge is 0.00818 e. The van der Waals surface area contributed by atoms with Crippen LogP contribution < -0.4 is 5.32 Å². The molecule has 0 radical (unpaired) electrons. The SMILES string of the molecule is CCN1CCCC(C(C)NC(C)C(C)C)C1. The van der Waals surface area contributed by atoms with E-state index in [4.69, 9.17) is 0 Å². The Kier molecular flexibility index (Phi) is 5.77. The zero-order valence-electron chi connectivity index (χ0n) is 11.8. The molecule has 1 fully saturated rings. The lowest BCUT2D eigenvalue weighted by Crippen LogP contribution is -2.47. The molecular formula is C14H30N2. The summed E-state index contributed by atoms with van der Waals surface area (Å²) >= 11 is 0. The number of piperidine rings is 1. The molecule has 2 nitrogen and oxygen atoms in total. The highest BCUT2D eigenvalue weighted by Crippen LogP contribution is 2.20. The minimum atomic E-state index is 0.631. The van der Waals surface area contributed by atoms with Crippen LogP contribution in [0.25, 0.3) is 0 Å². The van der Waals surface area contributed by atoms with E-state index in [1.54, 1.807) is 0 Å². The van der Waals surface area contributed by atoms with E-state index in [9.17, 15) is 0 Å². The Morgan fingerprint density at radius 1 is 1.25 bits per heavy atom. The van der Waals surface area contributed by atoms with E-state index in [0.717, 1.165) is 11.8 Å². The van der Waals surface area contributed by atoms with Crippen molar-refractivity contribution in [3.8, 4) is 0 Å². The number of nitrogens with one attached hydrogen (secondary N) is 1. The Morgan fingerprint density at radius 2 is 1.94 bits per heavy atom. The van der Waals surface area contributed by atoms with Crippen molar-refractivity contribution < 1.29 is 0 Å². The second kappa shape index (κ2) is 6.61. The Balaban J connectivity index is 2.38. The summed E-state index contributed by atoms with van der Waals surface area (Å²) in [5.74, 6) is 1.57. The maximum Gasteiger partial charge on any atom is 0.00818 e. The molecule has 0 aromatic rings. The predicted octanol–water partition coefficient (Wildman–Crippen LogP) is 2.74. The molecule has 16 heavy (non-hydrogen) atoms. The van der Waals surface area contributed by atoms with Crippen LogP contribution in [0.15, 0.2) is 0 Å². The van der Waals surface area contributed by atoms with Gasteiger partial charge >= 0.3 is 0 Å². The van der Waals surface area contributed by atoms with Crippen molar-refractivity contribution >= 4 is 0 Å². The molecule has 0 aromatic heterocycles. The topological polar surface area (TPSA) is 15.3 Å². The number of likely N-dealkylation sites (tertiary alicyclic amines) is 1. The van der Waals surface area contributed by atoms with Crippen LogP contribution in [0, 0.1) is 11.8 Å². The average Bonchev–Trinajstić information content (AvgIpc) is 2.28. The van der Waals surface area contributed by atoms with Crippen molar-refractivity contribution in [2.75, 3.05) is 19.6 Å². The monoisotopic (exact) mass is 226 g/mol. The first-order valence-electron chi connectivity index (χ1n) is 7.03. The van der Waals surface area contributed by atoms with E-state index in [1.807, 2.05) is 0 Å². The van der Waals surface area contributed by atoms with Crippen molar-refractivity contribution in [2.24, 2.45) is 11.8 Å². The molecule has 3 unspecified atom stereocenters. The summed E-state index contributed by atoms with van der Waals surface area (Å²) in [4.78, 5) is 2.59. The lowest BCUT2D eigenvalue weighted by Gasteiger charge is -2.37. The highest BCUT2D eigenvalue weighted by molar-refractivity contribution is 4.82. The van der Waals surface area contributed by atoms with E-state index in [2.05, 4.69) is 44.8 Å². The Bertz CT molecular complexity index is 191. The Labute approximate surface area is 102 Å². The summed E-state index contributed by atoms with van der Waals surface area (Å²) in [5, 5.41) is 3.77. The number of hydrogen-bond donors (Lipinski definition) is 1.